The summed E-state index contributed by atoms with van der Waals surface area (Å²) >= 11 is 0. The molecule has 0 saturated carbocycles. The lowest BCUT2D eigenvalue weighted by Gasteiger charge is -1.95. The molecule has 0 atom stereocenters. The first kappa shape index (κ1) is 17.5. The van der Waals surface area contributed by atoms with Crippen LogP contribution in [0, 0.1) is 6.92 Å². The maximum Gasteiger partial charge on any atom is -0.0348 e. The molecule has 0 nitrogen and oxygen atoms in total. The van der Waals surface area contributed by atoms with Gasteiger partial charge in [0.1, 0.15) is 0 Å². The second-order valence-corrected chi connectivity index (χ2v) is 5.07. The highest BCUT2D eigenvalue weighted by atomic mass is 13.9. The van der Waals surface area contributed by atoms with E-state index < -0.39 is 0 Å². The third-order valence-electron chi connectivity index (χ3n) is 3.17. The van der Waals surface area contributed by atoms with Gasteiger partial charge in [0.25, 0.3) is 0 Å². The summed E-state index contributed by atoms with van der Waals surface area (Å²) in [5.41, 5.74) is 0. The summed E-state index contributed by atoms with van der Waals surface area (Å²) in [5, 5.41) is 0. The van der Waals surface area contributed by atoms with E-state index in [1.54, 1.807) is 0 Å². The van der Waals surface area contributed by atoms with E-state index in [0.717, 1.165) is 6.42 Å². The Balaban J connectivity index is 3.12. The molecule has 0 aliphatic rings. The van der Waals surface area contributed by atoms with E-state index in [2.05, 4.69) is 38.2 Å². The van der Waals surface area contributed by atoms with Gasteiger partial charge in [0, 0.05) is 0 Å². The summed E-state index contributed by atoms with van der Waals surface area (Å²) < 4.78 is 0. The molecule has 105 valence electrons. The fourth-order valence-electron chi connectivity index (χ4n) is 1.95. The maximum atomic E-state index is 3.85. The van der Waals surface area contributed by atoms with Gasteiger partial charge in [-0.1, -0.05) is 70.3 Å². The van der Waals surface area contributed by atoms with Crippen LogP contribution in [0.25, 0.3) is 0 Å². The molecular formula is C18H33. The van der Waals surface area contributed by atoms with Gasteiger partial charge >= 0.3 is 0 Å². The average Bonchev–Trinajstić information content (AvgIpc) is 2.39. The van der Waals surface area contributed by atoms with E-state index >= 15 is 0 Å². The summed E-state index contributed by atoms with van der Waals surface area (Å²) in [7, 11) is 0. The van der Waals surface area contributed by atoms with E-state index in [9.17, 15) is 0 Å². The maximum absolute atomic E-state index is 3.85. The SMILES string of the molecule is [CH2]CCCCC=CCCCC=CCCCCCC. The molecule has 0 rings (SSSR count). The monoisotopic (exact) mass is 249 g/mol. The summed E-state index contributed by atoms with van der Waals surface area (Å²) in [6.07, 6.45) is 24.9. The van der Waals surface area contributed by atoms with Gasteiger partial charge in [-0.25, -0.2) is 0 Å². The lowest BCUT2D eigenvalue weighted by atomic mass is 10.1. The van der Waals surface area contributed by atoms with Crippen LogP contribution >= 0.6 is 0 Å². The zero-order valence-corrected chi connectivity index (χ0v) is 12.5. The van der Waals surface area contributed by atoms with Gasteiger partial charge in [0.2, 0.25) is 0 Å². The molecule has 0 aromatic carbocycles. The van der Waals surface area contributed by atoms with Crippen molar-refractivity contribution < 1.29 is 0 Å². The van der Waals surface area contributed by atoms with Crippen molar-refractivity contribution in [3.05, 3.63) is 31.2 Å². The van der Waals surface area contributed by atoms with E-state index in [1.807, 2.05) is 0 Å². The third-order valence-corrected chi connectivity index (χ3v) is 3.17. The normalized spacial score (nSPS) is 11.9. The Morgan fingerprint density at radius 2 is 1.11 bits per heavy atom. The number of hydrogen-bond donors (Lipinski definition) is 0. The molecule has 0 heterocycles. The lowest BCUT2D eigenvalue weighted by Crippen LogP contribution is -1.75. The van der Waals surface area contributed by atoms with Crippen LogP contribution in [0.1, 0.15) is 84.0 Å². The van der Waals surface area contributed by atoms with Crippen LogP contribution in [-0.2, 0) is 0 Å². The Kier molecular flexibility index (Phi) is 16.0. The van der Waals surface area contributed by atoms with Gasteiger partial charge in [0.05, 0.1) is 0 Å². The Hall–Kier alpha value is -0.520. The smallest absolute Gasteiger partial charge is 0.0348 e. The molecule has 0 unspecified atom stereocenters. The topological polar surface area (TPSA) is 0 Å². The molecule has 0 spiro atoms. The van der Waals surface area contributed by atoms with Crippen LogP contribution in [0.3, 0.4) is 0 Å². The van der Waals surface area contributed by atoms with Gasteiger partial charge in [-0.15, -0.1) is 0 Å². The van der Waals surface area contributed by atoms with Crippen molar-refractivity contribution in [3.8, 4) is 0 Å². The highest BCUT2D eigenvalue weighted by Gasteiger charge is 1.85. The van der Waals surface area contributed by atoms with E-state index in [-0.39, 0.29) is 0 Å². The zero-order valence-electron chi connectivity index (χ0n) is 12.5. The first-order chi connectivity index (χ1) is 8.91. The largest absolute Gasteiger partial charge is 0.0885 e. The van der Waals surface area contributed by atoms with Crippen molar-refractivity contribution in [3.63, 3.8) is 0 Å². The quantitative estimate of drug-likeness (QED) is 0.254. The molecule has 0 bridgehead atoms. The Morgan fingerprint density at radius 3 is 1.61 bits per heavy atom. The predicted molar refractivity (Wildman–Crippen MR) is 84.7 cm³/mol. The van der Waals surface area contributed by atoms with Gasteiger partial charge in [0.15, 0.2) is 0 Å². The average molecular weight is 249 g/mol. The fraction of sp³-hybridized carbons (Fsp3) is 0.722. The minimum absolute atomic E-state index is 1.08. The van der Waals surface area contributed by atoms with Crippen molar-refractivity contribution >= 4 is 0 Å². The number of allylic oxidation sites excluding steroid dienone is 4. The summed E-state index contributed by atoms with van der Waals surface area (Å²) in [4.78, 5) is 0. The predicted octanol–water partition coefficient (Wildman–Crippen LogP) is 6.63. The molecule has 0 fully saturated rings. The van der Waals surface area contributed by atoms with Crippen LogP contribution in [0.15, 0.2) is 24.3 Å². The summed E-state index contributed by atoms with van der Waals surface area (Å²) in [5.74, 6) is 0. The number of hydrogen-bond acceptors (Lipinski definition) is 0. The Bertz CT molecular complexity index is 188. The van der Waals surface area contributed by atoms with Crippen molar-refractivity contribution in [1.29, 1.82) is 0 Å². The Morgan fingerprint density at radius 1 is 0.611 bits per heavy atom. The van der Waals surface area contributed by atoms with E-state index in [4.69, 9.17) is 0 Å². The molecule has 0 N–H and O–H groups in total. The minimum atomic E-state index is 1.08. The standard InChI is InChI=1S/C18H33/c1-3-5-7-9-11-13-15-17-18-16-14-12-10-8-6-4-2/h11,13-14,16H,1,3-10,12,15,17-18H2,2H3. The first-order valence-electron chi connectivity index (χ1n) is 8.01. The second kappa shape index (κ2) is 16.5. The summed E-state index contributed by atoms with van der Waals surface area (Å²) in [6.45, 7) is 6.12. The van der Waals surface area contributed by atoms with Crippen LogP contribution in [0.2, 0.25) is 0 Å². The number of unbranched alkanes of at least 4 members (excludes halogenated alkanes) is 9. The third kappa shape index (κ3) is 15.5. The number of rotatable bonds is 13. The highest BCUT2D eigenvalue weighted by molar-refractivity contribution is 4.85. The Labute approximate surface area is 116 Å². The van der Waals surface area contributed by atoms with Crippen molar-refractivity contribution in [2.75, 3.05) is 0 Å². The zero-order chi connectivity index (χ0) is 13.3. The molecule has 0 heteroatoms. The minimum Gasteiger partial charge on any atom is -0.0885 e. The molecule has 1 radical (unpaired) electrons. The fourth-order valence-corrected chi connectivity index (χ4v) is 1.95. The van der Waals surface area contributed by atoms with Crippen LogP contribution in [0.5, 0.6) is 0 Å². The van der Waals surface area contributed by atoms with Gasteiger partial charge in [-0.3, -0.25) is 0 Å². The van der Waals surface area contributed by atoms with Gasteiger partial charge in [-0.05, 0) is 44.9 Å². The molecular weight excluding hydrogens is 216 g/mol. The molecule has 18 heavy (non-hydrogen) atoms. The first-order valence-corrected chi connectivity index (χ1v) is 8.01. The van der Waals surface area contributed by atoms with Crippen molar-refractivity contribution in [2.24, 2.45) is 0 Å². The van der Waals surface area contributed by atoms with Crippen LogP contribution in [-0.4, -0.2) is 0 Å². The van der Waals surface area contributed by atoms with Crippen molar-refractivity contribution in [1.82, 2.24) is 0 Å². The van der Waals surface area contributed by atoms with Crippen molar-refractivity contribution in [2.45, 2.75) is 84.0 Å². The van der Waals surface area contributed by atoms with Crippen LogP contribution < -0.4 is 0 Å². The molecule has 0 aromatic rings. The molecule has 0 aromatic heterocycles. The second-order valence-electron chi connectivity index (χ2n) is 5.07. The van der Waals surface area contributed by atoms with E-state index in [0.29, 0.717) is 0 Å². The van der Waals surface area contributed by atoms with Crippen LogP contribution in [0.4, 0.5) is 0 Å². The van der Waals surface area contributed by atoms with E-state index in [1.165, 1.54) is 70.6 Å². The van der Waals surface area contributed by atoms with Gasteiger partial charge in [-0.2, -0.15) is 0 Å². The highest BCUT2D eigenvalue weighted by Crippen LogP contribution is 2.05. The summed E-state index contributed by atoms with van der Waals surface area (Å²) in [6, 6.07) is 0. The molecule has 0 saturated heterocycles. The van der Waals surface area contributed by atoms with Gasteiger partial charge < -0.3 is 0 Å². The molecule has 0 aliphatic heterocycles. The molecule has 0 amide bonds. The lowest BCUT2D eigenvalue weighted by molar-refractivity contribution is 0.673. The molecule has 0 aliphatic carbocycles.